The molecule has 0 saturated heterocycles. The molecule has 0 atom stereocenters. The minimum atomic E-state index is -0.608. The van der Waals surface area contributed by atoms with Crippen molar-refractivity contribution in [1.29, 1.82) is 0 Å². The first-order valence-electron chi connectivity index (χ1n) is 5.63. The summed E-state index contributed by atoms with van der Waals surface area (Å²) in [6.07, 6.45) is 0. The molecule has 5 nitrogen and oxygen atoms in total. The van der Waals surface area contributed by atoms with Crippen molar-refractivity contribution in [3.63, 3.8) is 0 Å². The number of aliphatic hydroxyl groups is 1. The van der Waals surface area contributed by atoms with Crippen LogP contribution in [0.2, 0.25) is 15.1 Å². The molecular weight excluding hydrogens is 341 g/mol. The van der Waals surface area contributed by atoms with E-state index < -0.39 is 4.92 Å². The predicted molar refractivity (Wildman–Crippen MR) is 80.6 cm³/mol. The van der Waals surface area contributed by atoms with Crippen molar-refractivity contribution in [1.82, 2.24) is 0 Å². The summed E-state index contributed by atoms with van der Waals surface area (Å²) in [6.45, 7) is -0.294. The average Bonchev–Trinajstić information content (AvgIpc) is 2.43. The predicted octanol–water partition coefficient (Wildman–Crippen LogP) is 4.84. The fourth-order valence-electron chi connectivity index (χ4n) is 1.63. The van der Waals surface area contributed by atoms with Crippen LogP contribution in [0, 0.1) is 10.1 Å². The fraction of sp³-hybridized carbons (Fsp3) is 0.0769. The molecule has 0 fully saturated rings. The molecule has 0 radical (unpaired) electrons. The summed E-state index contributed by atoms with van der Waals surface area (Å²) in [6, 6.07) is 6.92. The maximum atomic E-state index is 10.7. The van der Waals surface area contributed by atoms with Gasteiger partial charge >= 0.3 is 0 Å². The molecular formula is C13H8Cl3NO4. The molecule has 0 heterocycles. The van der Waals surface area contributed by atoms with Crippen LogP contribution < -0.4 is 4.74 Å². The van der Waals surface area contributed by atoms with E-state index in [2.05, 4.69) is 0 Å². The second kappa shape index (κ2) is 6.49. The number of non-ortho nitro benzene ring substituents is 1. The average molecular weight is 349 g/mol. The van der Waals surface area contributed by atoms with Crippen LogP contribution in [0.1, 0.15) is 5.56 Å². The third-order valence-electron chi connectivity index (χ3n) is 2.60. The van der Waals surface area contributed by atoms with Gasteiger partial charge in [0.25, 0.3) is 5.69 Å². The molecule has 0 aliphatic carbocycles. The molecule has 0 spiro atoms. The molecule has 0 aliphatic heterocycles. The highest BCUT2D eigenvalue weighted by atomic mass is 35.5. The molecule has 8 heteroatoms. The van der Waals surface area contributed by atoms with E-state index in [4.69, 9.17) is 39.5 Å². The van der Waals surface area contributed by atoms with Gasteiger partial charge in [-0.3, -0.25) is 10.1 Å². The third-order valence-corrected chi connectivity index (χ3v) is 3.40. The second-order valence-corrected chi connectivity index (χ2v) is 5.26. The minimum absolute atomic E-state index is 0.00644. The number of benzene rings is 2. The molecule has 2 aromatic rings. The van der Waals surface area contributed by atoms with Crippen molar-refractivity contribution in [2.24, 2.45) is 0 Å². The maximum Gasteiger partial charge on any atom is 0.272 e. The molecule has 2 aromatic carbocycles. The largest absolute Gasteiger partial charge is 0.454 e. The Morgan fingerprint density at radius 3 is 2.29 bits per heavy atom. The van der Waals surface area contributed by atoms with Gasteiger partial charge in [-0.2, -0.15) is 0 Å². The SMILES string of the molecule is O=[N+]([O-])c1cc(Cl)c(Oc2ccc(Cl)cc2CO)c(Cl)c1. The number of nitro groups is 1. The highest BCUT2D eigenvalue weighted by Crippen LogP contribution is 2.40. The van der Waals surface area contributed by atoms with Crippen LogP contribution in [-0.2, 0) is 6.61 Å². The summed E-state index contributed by atoms with van der Waals surface area (Å²) in [5.41, 5.74) is 0.198. The number of nitrogens with zero attached hydrogens (tertiary/aromatic N) is 1. The van der Waals surface area contributed by atoms with Gasteiger partial charge in [-0.15, -0.1) is 0 Å². The molecule has 0 unspecified atom stereocenters. The Labute approximate surface area is 134 Å². The van der Waals surface area contributed by atoms with E-state index in [1.54, 1.807) is 12.1 Å². The van der Waals surface area contributed by atoms with Crippen molar-refractivity contribution in [3.8, 4) is 11.5 Å². The Morgan fingerprint density at radius 1 is 1.14 bits per heavy atom. The van der Waals surface area contributed by atoms with Crippen LogP contribution in [-0.4, -0.2) is 10.0 Å². The summed E-state index contributed by atoms with van der Waals surface area (Å²) in [4.78, 5) is 10.1. The van der Waals surface area contributed by atoms with Gasteiger partial charge in [0.2, 0.25) is 0 Å². The van der Waals surface area contributed by atoms with Crippen LogP contribution in [0.4, 0.5) is 5.69 Å². The smallest absolute Gasteiger partial charge is 0.272 e. The topological polar surface area (TPSA) is 72.6 Å². The first-order chi connectivity index (χ1) is 9.92. The van der Waals surface area contributed by atoms with Crippen molar-refractivity contribution in [2.45, 2.75) is 6.61 Å². The lowest BCUT2D eigenvalue weighted by atomic mass is 10.2. The van der Waals surface area contributed by atoms with E-state index in [-0.39, 0.29) is 28.1 Å². The van der Waals surface area contributed by atoms with E-state index in [9.17, 15) is 15.2 Å². The molecule has 110 valence electrons. The molecule has 0 aromatic heterocycles. The van der Waals surface area contributed by atoms with Crippen LogP contribution in [0.15, 0.2) is 30.3 Å². The number of ether oxygens (including phenoxy) is 1. The lowest BCUT2D eigenvalue weighted by Gasteiger charge is -2.12. The van der Waals surface area contributed by atoms with Crippen LogP contribution in [0.3, 0.4) is 0 Å². The highest BCUT2D eigenvalue weighted by Gasteiger charge is 2.17. The van der Waals surface area contributed by atoms with Crippen molar-refractivity contribution < 1.29 is 14.8 Å². The van der Waals surface area contributed by atoms with Gasteiger partial charge in [0.05, 0.1) is 21.6 Å². The first-order valence-corrected chi connectivity index (χ1v) is 6.76. The zero-order valence-corrected chi connectivity index (χ0v) is 12.6. The lowest BCUT2D eigenvalue weighted by molar-refractivity contribution is -0.384. The third kappa shape index (κ3) is 3.57. The maximum absolute atomic E-state index is 10.7. The van der Waals surface area contributed by atoms with Gasteiger partial charge in [-0.05, 0) is 18.2 Å². The van der Waals surface area contributed by atoms with Gasteiger partial charge in [-0.1, -0.05) is 34.8 Å². The number of hydrogen-bond acceptors (Lipinski definition) is 4. The number of rotatable bonds is 4. The lowest BCUT2D eigenvalue weighted by Crippen LogP contribution is -1.94. The Kier molecular flexibility index (Phi) is 4.90. The van der Waals surface area contributed by atoms with E-state index >= 15 is 0 Å². The normalized spacial score (nSPS) is 10.5. The zero-order valence-electron chi connectivity index (χ0n) is 10.3. The van der Waals surface area contributed by atoms with Crippen LogP contribution >= 0.6 is 34.8 Å². The summed E-state index contributed by atoms with van der Waals surface area (Å²) in [5, 5.41) is 20.4. The Morgan fingerprint density at radius 2 is 1.76 bits per heavy atom. The van der Waals surface area contributed by atoms with Gasteiger partial charge in [0.1, 0.15) is 5.75 Å². The molecule has 21 heavy (non-hydrogen) atoms. The molecule has 0 aliphatic rings. The minimum Gasteiger partial charge on any atom is -0.454 e. The van der Waals surface area contributed by atoms with E-state index in [1.165, 1.54) is 6.07 Å². The van der Waals surface area contributed by atoms with Crippen molar-refractivity contribution in [3.05, 3.63) is 61.1 Å². The zero-order chi connectivity index (χ0) is 15.6. The van der Waals surface area contributed by atoms with E-state index in [0.29, 0.717) is 16.3 Å². The molecule has 0 saturated carbocycles. The Bertz CT molecular complexity index is 683. The highest BCUT2D eigenvalue weighted by molar-refractivity contribution is 6.37. The number of hydrogen-bond donors (Lipinski definition) is 1. The van der Waals surface area contributed by atoms with Gasteiger partial charge < -0.3 is 9.84 Å². The molecule has 2 rings (SSSR count). The molecule has 0 bridgehead atoms. The first kappa shape index (κ1) is 15.9. The molecule has 0 amide bonds. The number of aliphatic hydroxyl groups excluding tert-OH is 1. The van der Waals surface area contributed by atoms with Crippen LogP contribution in [0.5, 0.6) is 11.5 Å². The van der Waals surface area contributed by atoms with Gasteiger partial charge in [-0.25, -0.2) is 0 Å². The monoisotopic (exact) mass is 347 g/mol. The summed E-state index contributed by atoms with van der Waals surface area (Å²) < 4.78 is 5.55. The summed E-state index contributed by atoms with van der Waals surface area (Å²) in [7, 11) is 0. The summed E-state index contributed by atoms with van der Waals surface area (Å²) in [5.74, 6) is 0.375. The van der Waals surface area contributed by atoms with Gasteiger partial charge in [0, 0.05) is 22.7 Å². The Hall–Kier alpha value is -1.53. The second-order valence-electron chi connectivity index (χ2n) is 4.01. The summed E-state index contributed by atoms with van der Waals surface area (Å²) >= 11 is 17.7. The van der Waals surface area contributed by atoms with Crippen molar-refractivity contribution in [2.75, 3.05) is 0 Å². The number of nitro benzene ring substituents is 1. The van der Waals surface area contributed by atoms with E-state index in [1.807, 2.05) is 0 Å². The van der Waals surface area contributed by atoms with Gasteiger partial charge in [0.15, 0.2) is 5.75 Å². The van der Waals surface area contributed by atoms with Crippen LogP contribution in [0.25, 0.3) is 0 Å². The fourth-order valence-corrected chi connectivity index (χ4v) is 2.38. The Balaban J connectivity index is 2.43. The standard InChI is InChI=1S/C13H8Cl3NO4/c14-8-1-2-12(7(3-8)6-18)21-13-10(15)4-9(17(19)20)5-11(13)16/h1-5,18H,6H2. The molecule has 1 N–H and O–H groups in total. The quantitative estimate of drug-likeness (QED) is 0.634. The van der Waals surface area contributed by atoms with E-state index in [0.717, 1.165) is 12.1 Å². The number of halogens is 3. The van der Waals surface area contributed by atoms with Crippen molar-refractivity contribution >= 4 is 40.5 Å².